The Morgan fingerprint density at radius 1 is 0.833 bits per heavy atom. The van der Waals surface area contributed by atoms with Crippen molar-refractivity contribution in [3.8, 4) is 17.3 Å². The summed E-state index contributed by atoms with van der Waals surface area (Å²) in [5.74, 6) is 0.104. The van der Waals surface area contributed by atoms with Crippen LogP contribution in [0.1, 0.15) is 58.2 Å². The van der Waals surface area contributed by atoms with Crippen molar-refractivity contribution in [1.82, 2.24) is 4.98 Å². The van der Waals surface area contributed by atoms with Gasteiger partial charge in [-0.1, -0.05) is 85.7 Å². The minimum absolute atomic E-state index is 0. The van der Waals surface area contributed by atoms with Crippen LogP contribution in [0.15, 0.2) is 78.7 Å². The number of hydrogen-bond donors (Lipinski definition) is 1. The number of carbonyl (C=O) groups excluding carboxylic acids is 1. The van der Waals surface area contributed by atoms with Crippen LogP contribution in [0.2, 0.25) is 0 Å². The van der Waals surface area contributed by atoms with Gasteiger partial charge in [0.1, 0.15) is 5.76 Å². The molecule has 5 aromatic rings. The summed E-state index contributed by atoms with van der Waals surface area (Å²) in [5, 5.41) is 25.7. The summed E-state index contributed by atoms with van der Waals surface area (Å²) in [7, 11) is 0. The maximum absolute atomic E-state index is 11.5. The van der Waals surface area contributed by atoms with E-state index in [9.17, 15) is 9.90 Å². The van der Waals surface area contributed by atoms with Gasteiger partial charge < -0.3 is 10.1 Å². The molecule has 1 heterocycles. The number of aliphatic hydroxyl groups is 1. The second kappa shape index (κ2) is 12.6. The van der Waals surface area contributed by atoms with E-state index < -0.39 is 5.41 Å². The van der Waals surface area contributed by atoms with E-state index in [1.54, 1.807) is 0 Å². The number of carbonyl (C=O) groups is 1. The molecule has 42 heavy (non-hydrogen) atoms. The monoisotopic (exact) mass is 734 g/mol. The molecule has 1 radical (unpaired) electrons. The van der Waals surface area contributed by atoms with Crippen LogP contribution in [0, 0.1) is 42.1 Å². The molecule has 4 nitrogen and oxygen atoms in total. The molecule has 5 heteroatoms. The van der Waals surface area contributed by atoms with Crippen LogP contribution in [0.5, 0.6) is 0 Å². The average molecular weight is 734 g/mol. The number of aliphatic hydroxyl groups excluding tert-OH is 1. The van der Waals surface area contributed by atoms with Crippen molar-refractivity contribution >= 4 is 38.1 Å². The number of benzene rings is 4. The van der Waals surface area contributed by atoms with Crippen LogP contribution in [-0.4, -0.2) is 15.9 Å². The first-order valence-corrected chi connectivity index (χ1v) is 13.8. The third-order valence-electron chi connectivity index (χ3n) is 7.07. The number of nitriles is 1. The summed E-state index contributed by atoms with van der Waals surface area (Å²) < 4.78 is 0. The van der Waals surface area contributed by atoms with E-state index in [1.807, 2.05) is 65.9 Å². The summed E-state index contributed by atoms with van der Waals surface area (Å²) >= 11 is 0. The standard InChI is InChI=1S/C26H17N2.C11H20O2.Ir/c1-16-11-17(2)13-20(12-16)26-25-8-7-22-21-5-3-18(15-27)14-19(21)4-6-23(22)24(25)9-10-28-26;1-10(2,3)8(12)7-9(13)11(4,5)6;/h3-12,14H,1-2H3;7,12H,1-6H3;/q-1;;/b;8-7-;. The summed E-state index contributed by atoms with van der Waals surface area (Å²) in [6.45, 7) is 15.3. The van der Waals surface area contributed by atoms with Gasteiger partial charge >= 0.3 is 0 Å². The molecule has 0 unspecified atom stereocenters. The Morgan fingerprint density at radius 3 is 2.05 bits per heavy atom. The molecule has 0 aliphatic heterocycles. The Bertz CT molecular complexity index is 1850. The van der Waals surface area contributed by atoms with Crippen molar-refractivity contribution in [2.45, 2.75) is 55.4 Å². The van der Waals surface area contributed by atoms with Gasteiger partial charge in [0.25, 0.3) is 0 Å². The molecule has 4 aromatic carbocycles. The van der Waals surface area contributed by atoms with Gasteiger partial charge in [0.15, 0.2) is 5.78 Å². The van der Waals surface area contributed by atoms with Gasteiger partial charge in [-0.05, 0) is 56.2 Å². The second-order valence-corrected chi connectivity index (χ2v) is 12.7. The molecule has 0 saturated heterocycles. The number of hydrogen-bond acceptors (Lipinski definition) is 4. The van der Waals surface area contributed by atoms with Gasteiger partial charge in [0.2, 0.25) is 0 Å². The number of rotatable bonds is 2. The van der Waals surface area contributed by atoms with Crippen molar-refractivity contribution in [2.75, 3.05) is 0 Å². The number of pyridine rings is 1. The molecular weight excluding hydrogens is 697 g/mol. The number of aryl methyl sites for hydroxylation is 2. The van der Waals surface area contributed by atoms with Crippen molar-refractivity contribution in [3.05, 3.63) is 101 Å². The summed E-state index contributed by atoms with van der Waals surface area (Å²) in [5.41, 5.74) is 4.25. The van der Waals surface area contributed by atoms with E-state index in [1.165, 1.54) is 27.8 Å². The molecule has 0 atom stereocenters. The van der Waals surface area contributed by atoms with Crippen molar-refractivity contribution in [2.24, 2.45) is 10.8 Å². The summed E-state index contributed by atoms with van der Waals surface area (Å²) in [6, 6.07) is 26.5. The second-order valence-electron chi connectivity index (χ2n) is 12.7. The first-order valence-electron chi connectivity index (χ1n) is 13.8. The molecule has 5 rings (SSSR count). The molecule has 0 amide bonds. The van der Waals surface area contributed by atoms with Crippen LogP contribution >= 0.6 is 0 Å². The molecule has 217 valence electrons. The number of allylic oxidation sites excluding steroid dienone is 2. The van der Waals surface area contributed by atoms with Gasteiger partial charge in [-0.25, -0.2) is 0 Å². The number of nitrogens with zero attached hydrogens (tertiary/aromatic N) is 2. The fourth-order valence-electron chi connectivity index (χ4n) is 4.68. The van der Waals surface area contributed by atoms with Crippen molar-refractivity contribution in [1.29, 1.82) is 5.26 Å². The average Bonchev–Trinajstić information content (AvgIpc) is 2.90. The molecule has 1 aromatic heterocycles. The van der Waals surface area contributed by atoms with Crippen LogP contribution in [0.25, 0.3) is 43.6 Å². The first-order chi connectivity index (χ1) is 19.2. The van der Waals surface area contributed by atoms with E-state index >= 15 is 0 Å². The molecule has 0 aliphatic rings. The maximum Gasteiger partial charge on any atom is 0.164 e. The van der Waals surface area contributed by atoms with Gasteiger partial charge in [-0.15, -0.1) is 34.9 Å². The van der Waals surface area contributed by atoms with E-state index in [0.717, 1.165) is 33.0 Å². The van der Waals surface area contributed by atoms with Crippen LogP contribution in [0.4, 0.5) is 0 Å². The first kappa shape index (κ1) is 32.7. The molecule has 0 saturated carbocycles. The third kappa shape index (κ3) is 7.13. The largest absolute Gasteiger partial charge is 0.512 e. The van der Waals surface area contributed by atoms with Crippen molar-refractivity contribution < 1.29 is 30.0 Å². The van der Waals surface area contributed by atoms with Gasteiger partial charge in [0, 0.05) is 43.2 Å². The molecule has 0 aliphatic carbocycles. The number of fused-ring (bicyclic) bond motifs is 5. The normalized spacial score (nSPS) is 11.9. The number of aromatic nitrogens is 1. The van der Waals surface area contributed by atoms with E-state index in [4.69, 9.17) is 5.26 Å². The maximum atomic E-state index is 11.5. The van der Waals surface area contributed by atoms with Gasteiger partial charge in [-0.2, -0.15) is 5.26 Å². The molecule has 0 bridgehead atoms. The van der Waals surface area contributed by atoms with Crippen LogP contribution in [-0.2, 0) is 24.9 Å². The Kier molecular flexibility index (Phi) is 9.78. The Balaban J connectivity index is 0.000000297. The van der Waals surface area contributed by atoms with E-state index in [-0.39, 0.29) is 37.1 Å². The van der Waals surface area contributed by atoms with Crippen LogP contribution in [0.3, 0.4) is 0 Å². The predicted molar refractivity (Wildman–Crippen MR) is 170 cm³/mol. The summed E-state index contributed by atoms with van der Waals surface area (Å²) in [4.78, 5) is 16.2. The smallest absolute Gasteiger partial charge is 0.164 e. The zero-order valence-corrected chi connectivity index (χ0v) is 27.9. The molecule has 0 spiro atoms. The van der Waals surface area contributed by atoms with Gasteiger partial charge in [0.05, 0.1) is 11.6 Å². The molecular formula is C37H37IrN2O2-. The fourth-order valence-corrected chi connectivity index (χ4v) is 4.68. The minimum atomic E-state index is -0.417. The van der Waals surface area contributed by atoms with E-state index in [2.05, 4.69) is 73.4 Å². The fraction of sp³-hybridized carbons (Fsp3) is 0.270. The topological polar surface area (TPSA) is 74.0 Å². The predicted octanol–water partition coefficient (Wildman–Crippen LogP) is 9.58. The zero-order valence-electron chi connectivity index (χ0n) is 25.5. The zero-order chi connectivity index (χ0) is 30.1. The Morgan fingerprint density at radius 2 is 1.43 bits per heavy atom. The van der Waals surface area contributed by atoms with E-state index in [0.29, 0.717) is 5.56 Å². The molecule has 1 N–H and O–H groups in total. The minimum Gasteiger partial charge on any atom is -0.512 e. The van der Waals surface area contributed by atoms with Crippen LogP contribution < -0.4 is 0 Å². The quantitative estimate of drug-likeness (QED) is 0.0849. The Labute approximate surface area is 262 Å². The third-order valence-corrected chi connectivity index (χ3v) is 7.07. The SMILES string of the molecule is CC(C)(C)C(=O)/C=C(\O)C(C)(C)C.Cc1[c-]c(-c2nccc3c2ccc2c4ccc(C#N)cc4ccc32)cc(C)c1.[Ir]. The summed E-state index contributed by atoms with van der Waals surface area (Å²) in [6.07, 6.45) is 3.21. The van der Waals surface area contributed by atoms with Crippen molar-refractivity contribution in [3.63, 3.8) is 0 Å². The Hall–Kier alpha value is -3.84. The number of ketones is 1. The van der Waals surface area contributed by atoms with Gasteiger partial charge in [-0.3, -0.25) is 4.79 Å². The molecule has 0 fully saturated rings.